The second-order valence-electron chi connectivity index (χ2n) is 6.77. The van der Waals surface area contributed by atoms with E-state index in [1.165, 1.54) is 15.6 Å². The summed E-state index contributed by atoms with van der Waals surface area (Å²) >= 11 is 4.53. The Balaban J connectivity index is 1.69. The van der Waals surface area contributed by atoms with Crippen LogP contribution in [0.2, 0.25) is 0 Å². The second kappa shape index (κ2) is 7.43. The van der Waals surface area contributed by atoms with Gasteiger partial charge in [-0.2, -0.15) is 4.31 Å². The summed E-state index contributed by atoms with van der Waals surface area (Å²) < 4.78 is 28.2. The maximum Gasteiger partial charge on any atom is 0.252 e. The van der Waals surface area contributed by atoms with Crippen LogP contribution in [0.1, 0.15) is 32.6 Å². The molecular weight excluding hydrogens is 412 g/mol. The molecule has 2 aliphatic heterocycles. The minimum Gasteiger partial charge on any atom is -0.342 e. The first-order chi connectivity index (χ1) is 11.4. The van der Waals surface area contributed by atoms with E-state index in [9.17, 15) is 13.2 Å². The smallest absolute Gasteiger partial charge is 0.252 e. The first kappa shape index (κ1) is 18.4. The van der Waals surface area contributed by atoms with Crippen LogP contribution in [0.3, 0.4) is 0 Å². The van der Waals surface area contributed by atoms with Gasteiger partial charge in [0, 0.05) is 26.2 Å². The van der Waals surface area contributed by atoms with Gasteiger partial charge in [0.2, 0.25) is 5.91 Å². The van der Waals surface area contributed by atoms with Gasteiger partial charge >= 0.3 is 0 Å². The molecule has 0 N–H and O–H groups in total. The molecule has 1 amide bonds. The monoisotopic (exact) mass is 434 g/mol. The van der Waals surface area contributed by atoms with Crippen LogP contribution in [-0.4, -0.2) is 49.7 Å². The number of sulfonamides is 1. The Bertz CT molecular complexity index is 696. The van der Waals surface area contributed by atoms with Gasteiger partial charge in [0.05, 0.1) is 9.70 Å². The van der Waals surface area contributed by atoms with Crippen molar-refractivity contribution in [2.75, 3.05) is 26.2 Å². The highest BCUT2D eigenvalue weighted by Gasteiger charge is 2.36. The Kier molecular flexibility index (Phi) is 5.68. The van der Waals surface area contributed by atoms with E-state index >= 15 is 0 Å². The fourth-order valence-electron chi connectivity index (χ4n) is 3.41. The molecule has 24 heavy (non-hydrogen) atoms. The zero-order valence-corrected chi connectivity index (χ0v) is 17.0. The van der Waals surface area contributed by atoms with E-state index in [0.29, 0.717) is 23.2 Å². The molecule has 0 radical (unpaired) electrons. The van der Waals surface area contributed by atoms with Crippen molar-refractivity contribution in [2.45, 2.75) is 36.8 Å². The number of likely N-dealkylation sites (tertiary alicyclic amines) is 1. The summed E-state index contributed by atoms with van der Waals surface area (Å²) in [5.74, 6) is 0.606. The number of thiophene rings is 1. The molecule has 0 aromatic carbocycles. The first-order valence-corrected chi connectivity index (χ1v) is 11.5. The SMILES string of the molecule is CC1CCN(C(=O)C2CCCN(S(=O)(=O)c3ccc(Br)s3)C2)CC1. The summed E-state index contributed by atoms with van der Waals surface area (Å²) in [4.78, 5) is 14.7. The molecule has 3 rings (SSSR count). The number of rotatable bonds is 3. The van der Waals surface area contributed by atoms with Crippen LogP contribution >= 0.6 is 27.3 Å². The summed E-state index contributed by atoms with van der Waals surface area (Å²) in [5.41, 5.74) is 0. The van der Waals surface area contributed by atoms with Crippen molar-refractivity contribution in [3.63, 3.8) is 0 Å². The van der Waals surface area contributed by atoms with Crippen LogP contribution in [-0.2, 0) is 14.8 Å². The summed E-state index contributed by atoms with van der Waals surface area (Å²) in [6.45, 7) is 4.64. The molecule has 2 fully saturated rings. The molecule has 1 unspecified atom stereocenters. The van der Waals surface area contributed by atoms with E-state index in [-0.39, 0.29) is 11.8 Å². The lowest BCUT2D eigenvalue weighted by atomic mass is 9.94. The van der Waals surface area contributed by atoms with Crippen LogP contribution in [0, 0.1) is 11.8 Å². The van der Waals surface area contributed by atoms with Gasteiger partial charge in [0.1, 0.15) is 4.21 Å². The van der Waals surface area contributed by atoms with Crippen LogP contribution < -0.4 is 0 Å². The summed E-state index contributed by atoms with van der Waals surface area (Å²) in [6, 6.07) is 3.38. The minimum absolute atomic E-state index is 0.133. The molecular formula is C16H23BrN2O3S2. The lowest BCUT2D eigenvalue weighted by molar-refractivity contribution is -0.138. The lowest BCUT2D eigenvalue weighted by Crippen LogP contribution is -2.48. The third-order valence-corrected chi connectivity index (χ3v) is 8.93. The van der Waals surface area contributed by atoms with E-state index < -0.39 is 10.0 Å². The van der Waals surface area contributed by atoms with Gasteiger partial charge < -0.3 is 4.90 Å². The van der Waals surface area contributed by atoms with Crippen molar-refractivity contribution in [1.29, 1.82) is 0 Å². The number of hydrogen-bond acceptors (Lipinski definition) is 4. The maximum absolute atomic E-state index is 12.8. The van der Waals surface area contributed by atoms with E-state index in [1.807, 2.05) is 4.90 Å². The van der Waals surface area contributed by atoms with Gasteiger partial charge in [0.25, 0.3) is 10.0 Å². The zero-order valence-electron chi connectivity index (χ0n) is 13.8. The fraction of sp³-hybridized carbons (Fsp3) is 0.688. The Morgan fingerprint density at radius 2 is 1.92 bits per heavy atom. The van der Waals surface area contributed by atoms with E-state index in [4.69, 9.17) is 0 Å². The fourth-order valence-corrected chi connectivity index (χ4v) is 7.10. The molecule has 2 aliphatic rings. The molecule has 0 spiro atoms. The number of carbonyl (C=O) groups excluding carboxylic acids is 1. The third kappa shape index (κ3) is 3.86. The van der Waals surface area contributed by atoms with Gasteiger partial charge in [0.15, 0.2) is 0 Å². The van der Waals surface area contributed by atoms with Crippen molar-refractivity contribution in [3.8, 4) is 0 Å². The number of carbonyl (C=O) groups is 1. The van der Waals surface area contributed by atoms with Crippen molar-refractivity contribution in [3.05, 3.63) is 15.9 Å². The first-order valence-electron chi connectivity index (χ1n) is 8.42. The number of nitrogens with zero attached hydrogens (tertiary/aromatic N) is 2. The minimum atomic E-state index is -3.50. The summed E-state index contributed by atoms with van der Waals surface area (Å²) in [5, 5.41) is 0. The highest BCUT2D eigenvalue weighted by molar-refractivity contribution is 9.11. The van der Waals surface area contributed by atoms with Crippen LogP contribution in [0.4, 0.5) is 0 Å². The molecule has 1 aromatic heterocycles. The van der Waals surface area contributed by atoms with Gasteiger partial charge in [-0.15, -0.1) is 11.3 Å². The van der Waals surface area contributed by atoms with Crippen molar-refractivity contribution < 1.29 is 13.2 Å². The van der Waals surface area contributed by atoms with Crippen LogP contribution in [0.15, 0.2) is 20.1 Å². The van der Waals surface area contributed by atoms with Gasteiger partial charge in [-0.3, -0.25) is 4.79 Å². The standard InChI is InChI=1S/C16H23BrN2O3S2/c1-12-6-9-18(10-7-12)16(20)13-3-2-8-19(11-13)24(21,22)15-5-4-14(17)23-15/h4-5,12-13H,2-3,6-11H2,1H3. The van der Waals surface area contributed by atoms with Gasteiger partial charge in [-0.1, -0.05) is 6.92 Å². The molecule has 0 saturated carbocycles. The molecule has 8 heteroatoms. The predicted molar refractivity (Wildman–Crippen MR) is 98.5 cm³/mol. The van der Waals surface area contributed by atoms with Crippen molar-refractivity contribution >= 4 is 43.2 Å². The number of piperidine rings is 2. The number of halogens is 1. The average Bonchev–Trinajstić information content (AvgIpc) is 3.02. The molecule has 0 bridgehead atoms. The summed E-state index contributed by atoms with van der Waals surface area (Å²) in [6.07, 6.45) is 3.62. The molecule has 0 aliphatic carbocycles. The number of amides is 1. The zero-order chi connectivity index (χ0) is 17.3. The van der Waals surface area contributed by atoms with E-state index in [1.54, 1.807) is 12.1 Å². The molecule has 1 aromatic rings. The molecule has 5 nitrogen and oxygen atoms in total. The van der Waals surface area contributed by atoms with Crippen molar-refractivity contribution in [2.24, 2.45) is 11.8 Å². The largest absolute Gasteiger partial charge is 0.342 e. The topological polar surface area (TPSA) is 57.7 Å². The van der Waals surface area contributed by atoms with E-state index in [2.05, 4.69) is 22.9 Å². The van der Waals surface area contributed by atoms with Gasteiger partial charge in [-0.05, 0) is 59.7 Å². The Hall–Kier alpha value is -0.440. The third-order valence-electron chi connectivity index (χ3n) is 4.97. The number of hydrogen-bond donors (Lipinski definition) is 0. The molecule has 1 atom stereocenters. The molecule has 134 valence electrons. The Morgan fingerprint density at radius 1 is 1.21 bits per heavy atom. The highest BCUT2D eigenvalue weighted by Crippen LogP contribution is 2.31. The molecule has 3 heterocycles. The van der Waals surface area contributed by atoms with E-state index in [0.717, 1.165) is 42.6 Å². The quantitative estimate of drug-likeness (QED) is 0.733. The van der Waals surface area contributed by atoms with Crippen LogP contribution in [0.25, 0.3) is 0 Å². The van der Waals surface area contributed by atoms with Gasteiger partial charge in [-0.25, -0.2) is 8.42 Å². The Labute approximate surface area is 156 Å². The maximum atomic E-state index is 12.8. The predicted octanol–water partition coefficient (Wildman–Crippen LogP) is 3.17. The van der Waals surface area contributed by atoms with Crippen LogP contribution in [0.5, 0.6) is 0 Å². The normalized spacial score (nSPS) is 24.2. The average molecular weight is 435 g/mol. The highest BCUT2D eigenvalue weighted by atomic mass is 79.9. The summed E-state index contributed by atoms with van der Waals surface area (Å²) in [7, 11) is -3.50. The molecule has 2 saturated heterocycles. The second-order valence-corrected chi connectivity index (χ2v) is 11.4. The Morgan fingerprint density at radius 3 is 2.54 bits per heavy atom. The lowest BCUT2D eigenvalue weighted by Gasteiger charge is -2.36. The van der Waals surface area contributed by atoms with Crippen molar-refractivity contribution in [1.82, 2.24) is 9.21 Å².